The quantitative estimate of drug-likeness (QED) is 0.0258. The molecule has 0 aromatic carbocycles. The summed E-state index contributed by atoms with van der Waals surface area (Å²) in [5, 5.41) is 0. The maximum Gasteiger partial charge on any atom is 2.00 e. The van der Waals surface area contributed by atoms with E-state index in [0.717, 1.165) is 26.2 Å². The van der Waals surface area contributed by atoms with E-state index in [0.29, 0.717) is 8.64 Å². The van der Waals surface area contributed by atoms with Crippen LogP contribution >= 0.6 is 24.4 Å². The number of hydrogen-bond acceptors (Lipinski definition) is 4. The molecular weight excluding hydrogens is 820 g/mol. The first kappa shape index (κ1) is 62.0. The van der Waals surface area contributed by atoms with E-state index in [9.17, 15) is 0 Å². The number of unbranched alkanes of at least 4 members (excludes halogenated alkanes) is 36. The minimum Gasteiger partial charge on any atom is -0.411 e. The van der Waals surface area contributed by atoms with Crippen molar-refractivity contribution >= 4 is 58.3 Å². The predicted octanol–water partition coefficient (Wildman–Crippen LogP) is 17.9. The normalized spacial score (nSPS) is 10.9. The largest absolute Gasteiger partial charge is 2.00 e. The first-order valence-corrected chi connectivity index (χ1v) is 27.0. The van der Waals surface area contributed by atoms with Gasteiger partial charge in [-0.25, -0.2) is 0 Å². The van der Waals surface area contributed by atoms with Gasteiger partial charge in [-0.15, -0.1) is 0 Å². The second-order valence-electron chi connectivity index (χ2n) is 17.2. The molecule has 1 radical (unpaired) electrons. The molecular formula is C50H100CuN2S4. The smallest absolute Gasteiger partial charge is 0.411 e. The van der Waals surface area contributed by atoms with Crippen LogP contribution in [0, 0.1) is 0 Å². The standard InChI is InChI=1S/2C25H51NS2.Cu/c2*1-3-5-7-9-11-13-15-17-19-21-23-26(25(27)28)24-22-20-18-16-14-12-10-8-6-4-2;/h2*3-24H2,1-2H3,(H,27,28);/q;;+2/p-2. The Kier molecular flexibility index (Phi) is 59.6. The van der Waals surface area contributed by atoms with Crippen molar-refractivity contribution in [3.05, 3.63) is 0 Å². The van der Waals surface area contributed by atoms with Crippen molar-refractivity contribution < 1.29 is 17.1 Å². The summed E-state index contributed by atoms with van der Waals surface area (Å²) in [4.78, 5) is 4.56. The molecule has 0 spiro atoms. The first-order chi connectivity index (χ1) is 27.4. The monoisotopic (exact) mass is 920 g/mol. The van der Waals surface area contributed by atoms with Crippen molar-refractivity contribution in [2.75, 3.05) is 26.2 Å². The Morgan fingerprint density at radius 1 is 0.263 bits per heavy atom. The van der Waals surface area contributed by atoms with Gasteiger partial charge in [-0.05, 0) is 25.7 Å². The van der Waals surface area contributed by atoms with Crippen LogP contribution in [0.5, 0.6) is 0 Å². The molecule has 0 aliphatic carbocycles. The Bertz CT molecular complexity index is 661. The number of nitrogens with zero attached hydrogens (tertiary/aromatic N) is 2. The van der Waals surface area contributed by atoms with E-state index in [2.05, 4.69) is 37.5 Å². The van der Waals surface area contributed by atoms with E-state index >= 15 is 0 Å². The van der Waals surface area contributed by atoms with Gasteiger partial charge in [0.15, 0.2) is 0 Å². The van der Waals surface area contributed by atoms with Gasteiger partial charge < -0.3 is 59.5 Å². The van der Waals surface area contributed by atoms with Gasteiger partial charge in [-0.3, -0.25) is 0 Å². The molecule has 2 nitrogen and oxygen atoms in total. The maximum atomic E-state index is 5.30. The third-order valence-corrected chi connectivity index (χ3v) is 12.7. The van der Waals surface area contributed by atoms with E-state index in [1.165, 1.54) is 257 Å². The summed E-state index contributed by atoms with van der Waals surface area (Å²) in [6.45, 7) is 13.5. The van der Waals surface area contributed by atoms with Crippen LogP contribution in [0.4, 0.5) is 0 Å². The molecule has 0 aromatic heterocycles. The topological polar surface area (TPSA) is 6.48 Å². The second-order valence-corrected chi connectivity index (χ2v) is 19.3. The summed E-state index contributed by atoms with van der Waals surface area (Å²) in [6.07, 6.45) is 55.4. The van der Waals surface area contributed by atoms with Crippen molar-refractivity contribution in [3.8, 4) is 0 Å². The molecule has 57 heavy (non-hydrogen) atoms. The van der Waals surface area contributed by atoms with Crippen LogP contribution in [0.2, 0.25) is 0 Å². The van der Waals surface area contributed by atoms with Crippen LogP contribution in [0.1, 0.15) is 285 Å². The van der Waals surface area contributed by atoms with Crippen LogP contribution in [0.3, 0.4) is 0 Å². The molecule has 0 fully saturated rings. The average molecular weight is 921 g/mol. The summed E-state index contributed by atoms with van der Waals surface area (Å²) < 4.78 is 1.37. The fourth-order valence-corrected chi connectivity index (χ4v) is 8.48. The van der Waals surface area contributed by atoms with E-state index in [4.69, 9.17) is 49.7 Å². The van der Waals surface area contributed by atoms with Crippen LogP contribution < -0.4 is 0 Å². The average Bonchev–Trinajstić information content (AvgIpc) is 3.19. The van der Waals surface area contributed by atoms with Gasteiger partial charge in [0.1, 0.15) is 0 Å². The Labute approximate surface area is 393 Å². The van der Waals surface area contributed by atoms with Crippen molar-refractivity contribution in [2.45, 2.75) is 285 Å². The molecule has 7 heteroatoms. The molecule has 0 N–H and O–H groups in total. The summed E-state index contributed by atoms with van der Waals surface area (Å²) in [6, 6.07) is 0. The molecule has 0 unspecified atom stereocenters. The van der Waals surface area contributed by atoms with Gasteiger partial charge in [0, 0.05) is 26.2 Å². The van der Waals surface area contributed by atoms with E-state index in [1.54, 1.807) is 0 Å². The van der Waals surface area contributed by atoms with Crippen molar-refractivity contribution in [3.63, 3.8) is 0 Å². The molecule has 0 atom stereocenters. The zero-order valence-corrected chi connectivity index (χ0v) is 43.1. The van der Waals surface area contributed by atoms with Crippen LogP contribution in [-0.2, 0) is 42.3 Å². The van der Waals surface area contributed by atoms with Crippen LogP contribution in [0.25, 0.3) is 0 Å². The molecule has 345 valence electrons. The minimum atomic E-state index is 0. The van der Waals surface area contributed by atoms with E-state index in [-0.39, 0.29) is 17.1 Å². The number of hydrogen-bond donors (Lipinski definition) is 0. The summed E-state index contributed by atoms with van der Waals surface area (Å²) >= 11 is 21.2. The third-order valence-electron chi connectivity index (χ3n) is 11.6. The fourth-order valence-electron chi connectivity index (χ4n) is 7.75. The summed E-state index contributed by atoms with van der Waals surface area (Å²) in [7, 11) is 0. The Hall–Kier alpha value is 0.739. The molecule has 0 aliphatic rings. The molecule has 0 aliphatic heterocycles. The summed E-state index contributed by atoms with van der Waals surface area (Å²) in [5.74, 6) is 0. The van der Waals surface area contributed by atoms with Gasteiger partial charge in [0.2, 0.25) is 0 Å². The van der Waals surface area contributed by atoms with Gasteiger partial charge in [0.25, 0.3) is 0 Å². The van der Waals surface area contributed by atoms with E-state index < -0.39 is 0 Å². The predicted molar refractivity (Wildman–Crippen MR) is 270 cm³/mol. The van der Waals surface area contributed by atoms with E-state index in [1.807, 2.05) is 0 Å². The molecule has 0 amide bonds. The summed E-state index contributed by atoms with van der Waals surface area (Å²) in [5.41, 5.74) is 0. The number of rotatable bonds is 44. The number of thiocarbonyl (C=S) groups is 2. The minimum absolute atomic E-state index is 0. The molecule has 0 saturated carbocycles. The molecule has 0 aromatic rings. The van der Waals surface area contributed by atoms with Crippen molar-refractivity contribution in [1.29, 1.82) is 0 Å². The van der Waals surface area contributed by atoms with Gasteiger partial charge in [-0.2, -0.15) is 0 Å². The Morgan fingerprint density at radius 2 is 0.386 bits per heavy atom. The molecule has 0 bridgehead atoms. The van der Waals surface area contributed by atoms with Gasteiger partial charge in [0.05, 0.1) is 0 Å². The van der Waals surface area contributed by atoms with Crippen LogP contribution in [0.15, 0.2) is 0 Å². The fraction of sp³-hybridized carbons (Fsp3) is 0.960. The second kappa shape index (κ2) is 54.8. The Balaban J connectivity index is -0.00000101. The third kappa shape index (κ3) is 52.8. The molecule has 0 saturated heterocycles. The molecule has 0 rings (SSSR count). The van der Waals surface area contributed by atoms with Gasteiger partial charge in [-0.1, -0.05) is 267 Å². The zero-order valence-electron chi connectivity index (χ0n) is 38.9. The van der Waals surface area contributed by atoms with Crippen LogP contribution in [-0.4, -0.2) is 44.6 Å². The maximum absolute atomic E-state index is 5.30. The van der Waals surface area contributed by atoms with Crippen molar-refractivity contribution in [1.82, 2.24) is 9.80 Å². The zero-order chi connectivity index (χ0) is 41.4. The van der Waals surface area contributed by atoms with Gasteiger partial charge >= 0.3 is 17.1 Å². The van der Waals surface area contributed by atoms with Crippen molar-refractivity contribution in [2.24, 2.45) is 0 Å². The Morgan fingerprint density at radius 3 is 0.509 bits per heavy atom. The SMILES string of the molecule is CCCCCCCCCCCCN(CCCCCCCCCCCC)C(=S)[S-].CCCCCCCCCCCCN(CCCCCCCCCCCC)C(=S)[S-].[Cu+2]. The first-order valence-electron chi connectivity index (χ1n) is 25.4. The molecule has 0 heterocycles.